The molecule has 0 amide bonds. The van der Waals surface area contributed by atoms with E-state index in [0.29, 0.717) is 16.9 Å². The predicted molar refractivity (Wildman–Crippen MR) is 72.5 cm³/mol. The predicted octanol–water partition coefficient (Wildman–Crippen LogP) is 3.03. The van der Waals surface area contributed by atoms with Crippen molar-refractivity contribution >= 4 is 12.0 Å². The Balaban J connectivity index is 2.04. The second kappa shape index (κ2) is 4.67. The Kier molecular flexibility index (Phi) is 2.84. The molecule has 4 nitrogen and oxygen atoms in total. The Morgan fingerprint density at radius 1 is 1.40 bits per heavy atom. The van der Waals surface area contributed by atoms with Gasteiger partial charge in [-0.25, -0.2) is 4.39 Å². The molecule has 0 bridgehead atoms. The van der Waals surface area contributed by atoms with E-state index in [-0.39, 0.29) is 5.56 Å². The Morgan fingerprint density at radius 3 is 3.05 bits per heavy atom. The molecule has 2 aliphatic heterocycles. The second-order valence-electron chi connectivity index (χ2n) is 4.34. The van der Waals surface area contributed by atoms with Crippen molar-refractivity contribution in [2.45, 2.75) is 6.92 Å². The molecule has 0 radical (unpaired) electrons. The smallest absolute Gasteiger partial charge is 0.150 e. The van der Waals surface area contributed by atoms with Crippen LogP contribution in [-0.4, -0.2) is 11.1 Å². The van der Waals surface area contributed by atoms with Gasteiger partial charge in [-0.05, 0) is 24.6 Å². The summed E-state index contributed by atoms with van der Waals surface area (Å²) in [6.45, 7) is 1.70. The minimum absolute atomic E-state index is 0.0394. The SMILES string of the molecule is Cc1c(C2=CN3C=CN=CC3=CO2)ccc(F)c1C#N. The highest BCUT2D eigenvalue weighted by molar-refractivity contribution is 5.81. The van der Waals surface area contributed by atoms with Gasteiger partial charge in [0.2, 0.25) is 0 Å². The lowest BCUT2D eigenvalue weighted by atomic mass is 10.0. The molecular formula is C15H10FN3O. The largest absolute Gasteiger partial charge is 0.461 e. The van der Waals surface area contributed by atoms with Gasteiger partial charge in [-0.2, -0.15) is 5.26 Å². The number of nitrogens with zero attached hydrogens (tertiary/aromatic N) is 3. The number of hydrogen-bond donors (Lipinski definition) is 0. The van der Waals surface area contributed by atoms with Gasteiger partial charge in [0.1, 0.15) is 18.1 Å². The van der Waals surface area contributed by atoms with Gasteiger partial charge in [0, 0.05) is 18.0 Å². The van der Waals surface area contributed by atoms with Crippen LogP contribution >= 0.6 is 0 Å². The molecule has 0 unspecified atom stereocenters. The van der Waals surface area contributed by atoms with Crippen molar-refractivity contribution < 1.29 is 9.13 Å². The number of hydrogen-bond acceptors (Lipinski definition) is 4. The van der Waals surface area contributed by atoms with Crippen molar-refractivity contribution in [1.29, 1.82) is 5.26 Å². The van der Waals surface area contributed by atoms with E-state index in [1.54, 1.807) is 44.1 Å². The lowest BCUT2D eigenvalue weighted by Gasteiger charge is -2.25. The molecule has 0 saturated heterocycles. The van der Waals surface area contributed by atoms with Crippen LogP contribution in [0.3, 0.4) is 0 Å². The quantitative estimate of drug-likeness (QED) is 0.785. The first-order chi connectivity index (χ1) is 9.70. The number of allylic oxidation sites excluding steroid dienone is 1. The minimum Gasteiger partial charge on any atom is -0.461 e. The Morgan fingerprint density at radius 2 is 2.25 bits per heavy atom. The van der Waals surface area contributed by atoms with Gasteiger partial charge in [-0.1, -0.05) is 0 Å². The van der Waals surface area contributed by atoms with Gasteiger partial charge < -0.3 is 9.64 Å². The zero-order chi connectivity index (χ0) is 14.1. The summed E-state index contributed by atoms with van der Waals surface area (Å²) < 4.78 is 19.1. The molecule has 0 aromatic heterocycles. The molecule has 1 aromatic carbocycles. The number of halogens is 1. The van der Waals surface area contributed by atoms with E-state index in [9.17, 15) is 4.39 Å². The van der Waals surface area contributed by atoms with Gasteiger partial charge in [-0.15, -0.1) is 0 Å². The minimum atomic E-state index is -0.522. The Labute approximate surface area is 115 Å². The summed E-state index contributed by atoms with van der Waals surface area (Å²) >= 11 is 0. The Hall–Kier alpha value is -2.87. The fourth-order valence-corrected chi connectivity index (χ4v) is 2.09. The van der Waals surface area contributed by atoms with Crippen LogP contribution in [0, 0.1) is 24.1 Å². The molecule has 1 aromatic rings. The zero-order valence-corrected chi connectivity index (χ0v) is 10.7. The number of rotatable bonds is 1. The van der Waals surface area contributed by atoms with Crippen LogP contribution in [0.5, 0.6) is 0 Å². The molecule has 20 heavy (non-hydrogen) atoms. The maximum Gasteiger partial charge on any atom is 0.150 e. The summed E-state index contributed by atoms with van der Waals surface area (Å²) in [4.78, 5) is 5.85. The summed E-state index contributed by atoms with van der Waals surface area (Å²) in [6.07, 6.45) is 8.47. The maximum atomic E-state index is 13.5. The molecule has 0 aliphatic carbocycles. The topological polar surface area (TPSA) is 48.6 Å². The highest BCUT2D eigenvalue weighted by Crippen LogP contribution is 2.29. The van der Waals surface area contributed by atoms with Crippen molar-refractivity contribution in [2.24, 2.45) is 4.99 Å². The van der Waals surface area contributed by atoms with Crippen LogP contribution in [0.4, 0.5) is 4.39 Å². The first kappa shape index (κ1) is 12.2. The first-order valence-corrected chi connectivity index (χ1v) is 5.97. The van der Waals surface area contributed by atoms with Crippen LogP contribution in [0.1, 0.15) is 16.7 Å². The van der Waals surface area contributed by atoms with Crippen LogP contribution in [-0.2, 0) is 4.74 Å². The van der Waals surface area contributed by atoms with Crippen molar-refractivity contribution in [3.8, 4) is 6.07 Å². The number of fused-ring (bicyclic) bond motifs is 1. The molecule has 3 rings (SSSR count). The lowest BCUT2D eigenvalue weighted by Crippen LogP contribution is -2.17. The van der Waals surface area contributed by atoms with Crippen molar-refractivity contribution in [1.82, 2.24) is 4.90 Å². The van der Waals surface area contributed by atoms with E-state index in [4.69, 9.17) is 10.00 Å². The third-order valence-electron chi connectivity index (χ3n) is 3.17. The summed E-state index contributed by atoms with van der Waals surface area (Å²) in [5.74, 6) is 0.0362. The zero-order valence-electron chi connectivity index (χ0n) is 10.7. The van der Waals surface area contributed by atoms with Gasteiger partial charge in [-0.3, -0.25) is 4.99 Å². The van der Waals surface area contributed by atoms with E-state index in [1.165, 1.54) is 6.07 Å². The number of aliphatic imine (C=N–C) groups is 1. The fraction of sp³-hybridized carbons (Fsp3) is 0.0667. The fourth-order valence-electron chi connectivity index (χ4n) is 2.09. The molecule has 5 heteroatoms. The van der Waals surface area contributed by atoms with E-state index < -0.39 is 5.82 Å². The summed E-state index contributed by atoms with van der Waals surface area (Å²) in [5, 5.41) is 9.01. The number of ether oxygens (including phenoxy) is 1. The second-order valence-corrected chi connectivity index (χ2v) is 4.34. The third kappa shape index (κ3) is 1.88. The summed E-state index contributed by atoms with van der Waals surface area (Å²) in [7, 11) is 0. The maximum absolute atomic E-state index is 13.5. The molecule has 98 valence electrons. The van der Waals surface area contributed by atoms with Crippen LogP contribution in [0.15, 0.2) is 47.7 Å². The standard InChI is InChI=1S/C15H10FN3O/c1-10-12(2-3-14(16)13(10)6-17)15-8-19-5-4-18-7-11(19)9-20-15/h2-5,7-9H,1H3. The average Bonchev–Trinajstić information content (AvgIpc) is 2.47. The van der Waals surface area contributed by atoms with Crippen molar-refractivity contribution in [3.05, 3.63) is 65.2 Å². The highest BCUT2D eigenvalue weighted by atomic mass is 19.1. The van der Waals surface area contributed by atoms with Crippen LogP contribution in [0.25, 0.3) is 5.76 Å². The van der Waals surface area contributed by atoms with Gasteiger partial charge >= 0.3 is 0 Å². The monoisotopic (exact) mass is 267 g/mol. The van der Waals surface area contributed by atoms with Crippen LogP contribution in [0.2, 0.25) is 0 Å². The van der Waals surface area contributed by atoms with Crippen LogP contribution < -0.4 is 0 Å². The van der Waals surface area contributed by atoms with E-state index in [0.717, 1.165) is 5.70 Å². The molecule has 0 N–H and O–H groups in total. The van der Waals surface area contributed by atoms with Gasteiger partial charge in [0.05, 0.1) is 23.7 Å². The molecule has 0 atom stereocenters. The normalized spacial score (nSPS) is 15.9. The van der Waals surface area contributed by atoms with E-state index >= 15 is 0 Å². The molecule has 0 spiro atoms. The molecule has 2 aliphatic rings. The van der Waals surface area contributed by atoms with Crippen molar-refractivity contribution in [3.63, 3.8) is 0 Å². The molecule has 0 saturated carbocycles. The molecule has 2 heterocycles. The third-order valence-corrected chi connectivity index (χ3v) is 3.17. The first-order valence-electron chi connectivity index (χ1n) is 5.97. The summed E-state index contributed by atoms with van der Waals surface area (Å²) in [5.41, 5.74) is 2.09. The van der Waals surface area contributed by atoms with Gasteiger partial charge in [0.15, 0.2) is 5.76 Å². The molecular weight excluding hydrogens is 257 g/mol. The van der Waals surface area contributed by atoms with E-state index in [2.05, 4.69) is 4.99 Å². The van der Waals surface area contributed by atoms with E-state index in [1.807, 2.05) is 11.0 Å². The number of benzene rings is 1. The number of nitriles is 1. The molecule has 0 fully saturated rings. The lowest BCUT2D eigenvalue weighted by molar-refractivity contribution is 0.392. The highest BCUT2D eigenvalue weighted by Gasteiger charge is 2.18. The van der Waals surface area contributed by atoms with Crippen molar-refractivity contribution in [2.75, 3.05) is 0 Å². The summed E-state index contributed by atoms with van der Waals surface area (Å²) in [6, 6.07) is 4.76. The Bertz CT molecular complexity index is 738. The van der Waals surface area contributed by atoms with Gasteiger partial charge in [0.25, 0.3) is 0 Å². The average molecular weight is 267 g/mol.